The minimum absolute atomic E-state index is 1.12. The molecule has 0 N–H and O–H groups in total. The van der Waals surface area contributed by atoms with Crippen LogP contribution in [0.15, 0.2) is 24.3 Å². The van der Waals surface area contributed by atoms with Crippen molar-refractivity contribution < 1.29 is 0 Å². The number of rotatable bonds is 20. The Balaban J connectivity index is 2.58. The fourth-order valence-electron chi connectivity index (χ4n) is 4.15. The summed E-state index contributed by atoms with van der Waals surface area (Å²) in [7, 11) is 0. The molecular formula is C28H52N2. The van der Waals surface area contributed by atoms with Crippen LogP contribution >= 0.6 is 0 Å². The zero-order chi connectivity index (χ0) is 21.9. The van der Waals surface area contributed by atoms with Gasteiger partial charge in [-0.3, -0.25) is 9.80 Å². The first-order valence-corrected chi connectivity index (χ1v) is 13.3. The smallest absolute Gasteiger partial charge is 0.0233 e. The summed E-state index contributed by atoms with van der Waals surface area (Å²) < 4.78 is 0. The van der Waals surface area contributed by atoms with E-state index in [2.05, 4.69) is 61.8 Å². The molecule has 0 aliphatic heterocycles. The molecule has 0 unspecified atom stereocenters. The van der Waals surface area contributed by atoms with Gasteiger partial charge in [-0.1, -0.05) is 103 Å². The highest BCUT2D eigenvalue weighted by Crippen LogP contribution is 2.13. The maximum Gasteiger partial charge on any atom is 0.0233 e. The third kappa shape index (κ3) is 13.4. The zero-order valence-electron chi connectivity index (χ0n) is 20.9. The molecule has 30 heavy (non-hydrogen) atoms. The fraction of sp³-hybridized carbons (Fsp3) is 0.786. The number of unbranched alkanes of at least 4 members (excludes halogenated alkanes) is 8. The predicted molar refractivity (Wildman–Crippen MR) is 135 cm³/mol. The number of nitrogens with zero attached hydrogens (tertiary/aromatic N) is 2. The van der Waals surface area contributed by atoms with Crippen molar-refractivity contribution in [2.24, 2.45) is 0 Å². The van der Waals surface area contributed by atoms with Gasteiger partial charge in [0.05, 0.1) is 0 Å². The summed E-state index contributed by atoms with van der Waals surface area (Å²) in [6.45, 7) is 16.4. The number of hydrogen-bond donors (Lipinski definition) is 0. The molecule has 0 radical (unpaired) electrons. The number of benzene rings is 1. The molecule has 0 saturated carbocycles. The maximum atomic E-state index is 2.68. The van der Waals surface area contributed by atoms with E-state index in [1.165, 1.54) is 114 Å². The highest BCUT2D eigenvalue weighted by atomic mass is 15.1. The minimum atomic E-state index is 1.12. The van der Waals surface area contributed by atoms with Crippen molar-refractivity contribution in [2.75, 3.05) is 26.2 Å². The van der Waals surface area contributed by atoms with Gasteiger partial charge in [0, 0.05) is 13.1 Å². The quantitative estimate of drug-likeness (QED) is 0.198. The molecule has 0 aliphatic carbocycles. The van der Waals surface area contributed by atoms with E-state index in [4.69, 9.17) is 0 Å². The van der Waals surface area contributed by atoms with Crippen molar-refractivity contribution in [1.82, 2.24) is 9.80 Å². The van der Waals surface area contributed by atoms with Crippen molar-refractivity contribution in [1.29, 1.82) is 0 Å². The molecule has 0 aromatic heterocycles. The lowest BCUT2D eigenvalue weighted by Crippen LogP contribution is -2.26. The summed E-state index contributed by atoms with van der Waals surface area (Å²) in [5.74, 6) is 0. The summed E-state index contributed by atoms with van der Waals surface area (Å²) in [4.78, 5) is 5.37. The summed E-state index contributed by atoms with van der Waals surface area (Å²) in [6.07, 6.45) is 16.0. The van der Waals surface area contributed by atoms with Crippen LogP contribution in [0.25, 0.3) is 0 Å². The van der Waals surface area contributed by atoms with Gasteiger partial charge in [0.2, 0.25) is 0 Å². The molecule has 0 heterocycles. The summed E-state index contributed by atoms with van der Waals surface area (Å²) in [5.41, 5.74) is 2.96. The van der Waals surface area contributed by atoms with E-state index in [1.54, 1.807) is 0 Å². The lowest BCUT2D eigenvalue weighted by Gasteiger charge is -2.24. The van der Waals surface area contributed by atoms with E-state index >= 15 is 0 Å². The summed E-state index contributed by atoms with van der Waals surface area (Å²) in [6, 6.07) is 9.55. The first kappa shape index (κ1) is 27.2. The minimum Gasteiger partial charge on any atom is -0.299 e. The SMILES string of the molecule is CCCCCN(CCCCC)Cc1ccc(CN(CCCCC)CCCCC)cc1. The summed E-state index contributed by atoms with van der Waals surface area (Å²) in [5, 5.41) is 0. The van der Waals surface area contributed by atoms with Crippen LogP contribution in [-0.2, 0) is 13.1 Å². The van der Waals surface area contributed by atoms with Crippen molar-refractivity contribution in [3.8, 4) is 0 Å². The van der Waals surface area contributed by atoms with Gasteiger partial charge >= 0.3 is 0 Å². The molecule has 0 aliphatic rings. The second-order valence-electron chi connectivity index (χ2n) is 9.20. The Morgan fingerprint density at radius 1 is 0.433 bits per heavy atom. The second-order valence-corrected chi connectivity index (χ2v) is 9.20. The standard InChI is InChI=1S/C28H52N2/c1-5-9-13-21-29(22-14-10-6-2)25-27-17-19-28(20-18-27)26-30(23-15-11-7-3)24-16-12-8-4/h17-20H,5-16,21-26H2,1-4H3. The Morgan fingerprint density at radius 2 is 0.700 bits per heavy atom. The molecule has 2 nitrogen and oxygen atoms in total. The van der Waals surface area contributed by atoms with Gasteiger partial charge in [-0.25, -0.2) is 0 Å². The first-order chi connectivity index (χ1) is 14.7. The van der Waals surface area contributed by atoms with Crippen LogP contribution in [0.2, 0.25) is 0 Å². The van der Waals surface area contributed by atoms with Crippen molar-refractivity contribution in [3.05, 3.63) is 35.4 Å². The van der Waals surface area contributed by atoms with Gasteiger partial charge in [-0.05, 0) is 63.0 Å². The van der Waals surface area contributed by atoms with Crippen molar-refractivity contribution >= 4 is 0 Å². The molecule has 2 heteroatoms. The Hall–Kier alpha value is -0.860. The molecule has 1 rings (SSSR count). The van der Waals surface area contributed by atoms with Crippen LogP contribution in [0, 0.1) is 0 Å². The molecule has 0 saturated heterocycles. The summed E-state index contributed by atoms with van der Waals surface area (Å²) >= 11 is 0. The van der Waals surface area contributed by atoms with E-state index in [1.807, 2.05) is 0 Å². The van der Waals surface area contributed by atoms with Crippen LogP contribution in [0.1, 0.15) is 116 Å². The van der Waals surface area contributed by atoms with Crippen LogP contribution in [0.5, 0.6) is 0 Å². The van der Waals surface area contributed by atoms with Gasteiger partial charge < -0.3 is 0 Å². The van der Waals surface area contributed by atoms with Gasteiger partial charge in [-0.2, -0.15) is 0 Å². The van der Waals surface area contributed by atoms with Crippen molar-refractivity contribution in [3.63, 3.8) is 0 Å². The molecule has 174 valence electrons. The van der Waals surface area contributed by atoms with E-state index < -0.39 is 0 Å². The number of hydrogen-bond acceptors (Lipinski definition) is 2. The van der Waals surface area contributed by atoms with Gasteiger partial charge in [0.25, 0.3) is 0 Å². The monoisotopic (exact) mass is 416 g/mol. The topological polar surface area (TPSA) is 6.48 Å². The second kappa shape index (κ2) is 18.9. The lowest BCUT2D eigenvalue weighted by atomic mass is 10.1. The largest absolute Gasteiger partial charge is 0.299 e. The molecule has 0 atom stereocenters. The first-order valence-electron chi connectivity index (χ1n) is 13.3. The zero-order valence-corrected chi connectivity index (χ0v) is 20.9. The van der Waals surface area contributed by atoms with E-state index in [0.29, 0.717) is 0 Å². The normalized spacial score (nSPS) is 11.7. The molecule has 0 bridgehead atoms. The lowest BCUT2D eigenvalue weighted by molar-refractivity contribution is 0.252. The van der Waals surface area contributed by atoms with Crippen LogP contribution < -0.4 is 0 Å². The van der Waals surface area contributed by atoms with Gasteiger partial charge in [-0.15, -0.1) is 0 Å². The van der Waals surface area contributed by atoms with Crippen LogP contribution in [0.4, 0.5) is 0 Å². The van der Waals surface area contributed by atoms with Crippen LogP contribution in [0.3, 0.4) is 0 Å². The van der Waals surface area contributed by atoms with E-state index in [-0.39, 0.29) is 0 Å². The van der Waals surface area contributed by atoms with E-state index in [9.17, 15) is 0 Å². The maximum absolute atomic E-state index is 2.68. The molecule has 0 fully saturated rings. The molecule has 1 aromatic carbocycles. The van der Waals surface area contributed by atoms with Crippen LogP contribution in [-0.4, -0.2) is 36.0 Å². The van der Waals surface area contributed by atoms with Gasteiger partial charge in [0.15, 0.2) is 0 Å². The van der Waals surface area contributed by atoms with Crippen molar-refractivity contribution in [2.45, 2.75) is 118 Å². The highest BCUT2D eigenvalue weighted by molar-refractivity contribution is 5.22. The Kier molecular flexibility index (Phi) is 17.1. The third-order valence-electron chi connectivity index (χ3n) is 6.15. The molecule has 1 aromatic rings. The van der Waals surface area contributed by atoms with E-state index in [0.717, 1.165) is 13.1 Å². The third-order valence-corrected chi connectivity index (χ3v) is 6.15. The highest BCUT2D eigenvalue weighted by Gasteiger charge is 2.08. The predicted octanol–water partition coefficient (Wildman–Crippen LogP) is 8.05. The molecule has 0 spiro atoms. The fourth-order valence-corrected chi connectivity index (χ4v) is 4.15. The Labute approximate surface area is 189 Å². The Morgan fingerprint density at radius 3 is 0.933 bits per heavy atom. The molecular weight excluding hydrogens is 364 g/mol. The average molecular weight is 417 g/mol. The Bertz CT molecular complexity index is 417. The van der Waals surface area contributed by atoms with Gasteiger partial charge in [0.1, 0.15) is 0 Å². The average Bonchev–Trinajstić information content (AvgIpc) is 2.75. The molecule has 0 amide bonds.